The topological polar surface area (TPSA) is 18.5 Å². The van der Waals surface area contributed by atoms with Crippen LogP contribution in [0.1, 0.15) is 102 Å². The summed E-state index contributed by atoms with van der Waals surface area (Å²) in [7, 11) is 0. The van der Waals surface area contributed by atoms with E-state index in [-0.39, 0.29) is 5.60 Å². The average molecular weight is 558 g/mol. The molecule has 1 unspecified atom stereocenters. The Morgan fingerprint density at radius 1 is 0.742 bits per heavy atom. The maximum absolute atomic E-state index is 6.45. The molecule has 1 aromatic rings. The van der Waals surface area contributed by atoms with Crippen LogP contribution in [0.25, 0.3) is 5.76 Å². The molecule has 0 radical (unpaired) electrons. The van der Waals surface area contributed by atoms with Gasteiger partial charge in [-0.3, -0.25) is 0 Å². The van der Waals surface area contributed by atoms with Crippen molar-refractivity contribution in [3.63, 3.8) is 0 Å². The van der Waals surface area contributed by atoms with Crippen molar-refractivity contribution in [3.05, 3.63) is 41.5 Å². The molecule has 1 aliphatic carbocycles. The minimum atomic E-state index is -0.241. The van der Waals surface area contributed by atoms with Crippen molar-refractivity contribution in [2.45, 2.75) is 96.0 Å². The second kappa shape index (κ2) is 16.3. The van der Waals surface area contributed by atoms with Gasteiger partial charge in [0.25, 0.3) is 0 Å². The zero-order chi connectivity index (χ0) is 22.2. The Balaban J connectivity index is 1.74. The van der Waals surface area contributed by atoms with E-state index in [1.54, 1.807) is 0 Å². The highest BCUT2D eigenvalue weighted by Crippen LogP contribution is 2.40. The lowest BCUT2D eigenvalue weighted by molar-refractivity contribution is -0.0378. The SMILES string of the molecule is CC1(OCCCCCCCCBr)CC=C(OCCCCCCCCBr)c2ccccc21. The average Bonchev–Trinajstić information content (AvgIpc) is 2.79. The molecule has 0 amide bonds. The molecule has 1 aliphatic rings. The van der Waals surface area contributed by atoms with Crippen molar-refractivity contribution in [3.8, 4) is 0 Å². The first-order chi connectivity index (χ1) is 15.2. The molecule has 0 saturated carbocycles. The van der Waals surface area contributed by atoms with Gasteiger partial charge in [-0.05, 0) is 44.2 Å². The maximum atomic E-state index is 6.45. The van der Waals surface area contributed by atoms with Gasteiger partial charge in [0.2, 0.25) is 0 Å². The molecular weight excluding hydrogens is 516 g/mol. The predicted octanol–water partition coefficient (Wildman–Crippen LogP) is 9.15. The second-order valence-electron chi connectivity index (χ2n) is 8.87. The number of hydrogen-bond donors (Lipinski definition) is 0. The molecule has 176 valence electrons. The molecule has 0 saturated heterocycles. The fourth-order valence-corrected chi connectivity index (χ4v) is 5.02. The minimum absolute atomic E-state index is 0.241. The Kier molecular flexibility index (Phi) is 14.2. The summed E-state index contributed by atoms with van der Waals surface area (Å²) in [5.74, 6) is 1.04. The number of hydrogen-bond acceptors (Lipinski definition) is 2. The van der Waals surface area contributed by atoms with Crippen LogP contribution in [0.4, 0.5) is 0 Å². The zero-order valence-electron chi connectivity index (χ0n) is 19.5. The molecule has 0 heterocycles. The van der Waals surface area contributed by atoms with E-state index in [2.05, 4.69) is 69.1 Å². The molecule has 0 spiro atoms. The van der Waals surface area contributed by atoms with Crippen LogP contribution in [-0.4, -0.2) is 23.9 Å². The van der Waals surface area contributed by atoms with E-state index in [9.17, 15) is 0 Å². The van der Waals surface area contributed by atoms with Gasteiger partial charge in [0.05, 0.1) is 12.2 Å². The molecule has 1 atom stereocenters. The fourth-order valence-electron chi connectivity index (χ4n) is 4.23. The second-order valence-corrected chi connectivity index (χ2v) is 10.5. The first-order valence-electron chi connectivity index (χ1n) is 12.4. The van der Waals surface area contributed by atoms with Crippen LogP contribution in [0, 0.1) is 0 Å². The maximum Gasteiger partial charge on any atom is 0.123 e. The van der Waals surface area contributed by atoms with Crippen molar-refractivity contribution in [1.29, 1.82) is 0 Å². The van der Waals surface area contributed by atoms with Gasteiger partial charge in [-0.2, -0.15) is 0 Å². The van der Waals surface area contributed by atoms with Crippen molar-refractivity contribution < 1.29 is 9.47 Å². The molecule has 0 aliphatic heterocycles. The molecule has 31 heavy (non-hydrogen) atoms. The quantitative estimate of drug-likeness (QED) is 0.132. The molecule has 2 nitrogen and oxygen atoms in total. The Labute approximate surface area is 207 Å². The van der Waals surface area contributed by atoms with Crippen LogP contribution >= 0.6 is 31.9 Å². The zero-order valence-corrected chi connectivity index (χ0v) is 22.7. The largest absolute Gasteiger partial charge is 0.493 e. The standard InChI is InChI=1S/C27H42Br2O2/c1-27(31-23-15-9-5-3-7-13-21-29)19-18-26(24-16-10-11-17-25(24)27)30-22-14-8-4-2-6-12-20-28/h10-11,16-18H,2-9,12-15,19-23H2,1H3. The van der Waals surface area contributed by atoms with E-state index < -0.39 is 0 Å². The summed E-state index contributed by atoms with van der Waals surface area (Å²) in [6, 6.07) is 8.64. The van der Waals surface area contributed by atoms with Crippen molar-refractivity contribution in [1.82, 2.24) is 0 Å². The summed E-state index contributed by atoms with van der Waals surface area (Å²) >= 11 is 7.01. The van der Waals surface area contributed by atoms with Crippen LogP contribution in [0.15, 0.2) is 30.3 Å². The highest BCUT2D eigenvalue weighted by molar-refractivity contribution is 9.09. The number of benzene rings is 1. The van der Waals surface area contributed by atoms with Crippen LogP contribution in [0.3, 0.4) is 0 Å². The molecular formula is C27H42Br2O2. The Hall–Kier alpha value is -0.320. The number of rotatable bonds is 18. The number of unbranched alkanes of at least 4 members (excludes halogenated alkanes) is 10. The third-order valence-electron chi connectivity index (χ3n) is 6.17. The van der Waals surface area contributed by atoms with E-state index in [0.29, 0.717) is 0 Å². The summed E-state index contributed by atoms with van der Waals surface area (Å²) in [5.41, 5.74) is 2.25. The van der Waals surface area contributed by atoms with E-state index in [0.717, 1.165) is 48.9 Å². The van der Waals surface area contributed by atoms with Gasteiger partial charge in [0.1, 0.15) is 5.76 Å². The summed E-state index contributed by atoms with van der Waals surface area (Å²) in [6.45, 7) is 3.88. The summed E-state index contributed by atoms with van der Waals surface area (Å²) < 4.78 is 12.7. The van der Waals surface area contributed by atoms with E-state index in [4.69, 9.17) is 9.47 Å². The molecule has 0 fully saturated rings. The number of halogens is 2. The Morgan fingerprint density at radius 3 is 1.94 bits per heavy atom. The highest BCUT2D eigenvalue weighted by Gasteiger charge is 2.33. The summed E-state index contributed by atoms with van der Waals surface area (Å²) in [4.78, 5) is 0. The number of alkyl halides is 2. The number of fused-ring (bicyclic) bond motifs is 1. The van der Waals surface area contributed by atoms with Gasteiger partial charge in [0.15, 0.2) is 0 Å². The summed E-state index contributed by atoms with van der Waals surface area (Å²) in [6.07, 6.45) is 18.5. The molecule has 0 N–H and O–H groups in total. The van der Waals surface area contributed by atoms with Crippen molar-refractivity contribution >= 4 is 37.6 Å². The van der Waals surface area contributed by atoms with Gasteiger partial charge >= 0.3 is 0 Å². The predicted molar refractivity (Wildman–Crippen MR) is 141 cm³/mol. The lowest BCUT2D eigenvalue weighted by Crippen LogP contribution is -2.30. The Morgan fingerprint density at radius 2 is 1.29 bits per heavy atom. The van der Waals surface area contributed by atoms with Gasteiger partial charge in [-0.15, -0.1) is 0 Å². The first kappa shape index (κ1) is 26.9. The van der Waals surface area contributed by atoms with Gasteiger partial charge in [0, 0.05) is 29.3 Å². The third-order valence-corrected chi connectivity index (χ3v) is 7.29. The van der Waals surface area contributed by atoms with Crippen molar-refractivity contribution in [2.24, 2.45) is 0 Å². The molecule has 4 heteroatoms. The van der Waals surface area contributed by atoms with Crippen LogP contribution in [0.5, 0.6) is 0 Å². The van der Waals surface area contributed by atoms with Crippen LogP contribution in [0.2, 0.25) is 0 Å². The molecule has 1 aromatic carbocycles. The fraction of sp³-hybridized carbons (Fsp3) is 0.704. The Bertz CT molecular complexity index is 631. The van der Waals surface area contributed by atoms with E-state index in [1.807, 2.05) is 0 Å². The minimum Gasteiger partial charge on any atom is -0.493 e. The first-order valence-corrected chi connectivity index (χ1v) is 14.6. The van der Waals surface area contributed by atoms with Crippen molar-refractivity contribution in [2.75, 3.05) is 23.9 Å². The summed E-state index contributed by atoms with van der Waals surface area (Å²) in [5, 5.41) is 2.26. The smallest absolute Gasteiger partial charge is 0.123 e. The highest BCUT2D eigenvalue weighted by atomic mass is 79.9. The van der Waals surface area contributed by atoms with Gasteiger partial charge in [-0.1, -0.05) is 107 Å². The lowest BCUT2D eigenvalue weighted by Gasteiger charge is -2.35. The van der Waals surface area contributed by atoms with Crippen LogP contribution in [-0.2, 0) is 15.1 Å². The van der Waals surface area contributed by atoms with Crippen LogP contribution < -0.4 is 0 Å². The third kappa shape index (κ3) is 10.0. The van der Waals surface area contributed by atoms with Gasteiger partial charge in [-0.25, -0.2) is 0 Å². The lowest BCUT2D eigenvalue weighted by atomic mass is 9.83. The van der Waals surface area contributed by atoms with E-state index >= 15 is 0 Å². The van der Waals surface area contributed by atoms with E-state index in [1.165, 1.54) is 75.3 Å². The normalized spacial score (nSPS) is 18.0. The molecule has 0 aromatic heterocycles. The van der Waals surface area contributed by atoms with Gasteiger partial charge < -0.3 is 9.47 Å². The molecule has 2 rings (SSSR count). The monoisotopic (exact) mass is 556 g/mol. The molecule has 0 bridgehead atoms. The number of ether oxygens (including phenoxy) is 2.